The average molecular weight is 357 g/mol. The second-order valence-corrected chi connectivity index (χ2v) is 4.63. The first kappa shape index (κ1) is 8.77. The monoisotopic (exact) mass is 356 g/mol. The SMILES string of the molecule is Clc1ccc(Br)c2c(I)[nH]nc12. The predicted molar refractivity (Wildman–Crippen MR) is 61.5 cm³/mol. The number of benzene rings is 1. The Balaban J connectivity index is 2.98. The molecule has 1 N–H and O–H groups in total. The van der Waals surface area contributed by atoms with Crippen LogP contribution in [0.25, 0.3) is 10.9 Å². The number of aromatic nitrogens is 2. The van der Waals surface area contributed by atoms with Crippen LogP contribution in [0, 0.1) is 3.70 Å². The minimum absolute atomic E-state index is 0.673. The molecule has 1 aromatic carbocycles. The van der Waals surface area contributed by atoms with Crippen LogP contribution in [0.4, 0.5) is 0 Å². The van der Waals surface area contributed by atoms with E-state index in [1.54, 1.807) is 0 Å². The summed E-state index contributed by atoms with van der Waals surface area (Å²) in [6.07, 6.45) is 0. The van der Waals surface area contributed by atoms with E-state index in [0.29, 0.717) is 5.02 Å². The van der Waals surface area contributed by atoms with Crippen LogP contribution in [0.5, 0.6) is 0 Å². The summed E-state index contributed by atoms with van der Waals surface area (Å²) in [5, 5.41) is 8.68. The first-order valence-corrected chi connectivity index (χ1v) is 5.42. The van der Waals surface area contributed by atoms with Crippen molar-refractivity contribution in [1.29, 1.82) is 0 Å². The van der Waals surface area contributed by atoms with Crippen LogP contribution in [0.15, 0.2) is 16.6 Å². The third-order valence-electron chi connectivity index (χ3n) is 1.56. The lowest BCUT2D eigenvalue weighted by Gasteiger charge is -1.94. The van der Waals surface area contributed by atoms with Crippen molar-refractivity contribution in [3.8, 4) is 0 Å². The molecule has 0 saturated carbocycles. The lowest BCUT2D eigenvalue weighted by atomic mass is 10.3. The first-order valence-electron chi connectivity index (χ1n) is 3.17. The number of halogens is 3. The van der Waals surface area contributed by atoms with E-state index in [1.807, 2.05) is 12.1 Å². The third kappa shape index (κ3) is 1.25. The van der Waals surface area contributed by atoms with Crippen LogP contribution < -0.4 is 0 Å². The van der Waals surface area contributed by atoms with Gasteiger partial charge in [-0.3, -0.25) is 5.10 Å². The minimum atomic E-state index is 0.673. The number of rotatable bonds is 0. The molecule has 0 atom stereocenters. The topological polar surface area (TPSA) is 28.7 Å². The van der Waals surface area contributed by atoms with Gasteiger partial charge in [0.05, 0.1) is 5.02 Å². The molecule has 1 aromatic heterocycles. The van der Waals surface area contributed by atoms with E-state index in [2.05, 4.69) is 48.7 Å². The fourth-order valence-corrected chi connectivity index (χ4v) is 2.78. The van der Waals surface area contributed by atoms with Gasteiger partial charge in [0.1, 0.15) is 9.22 Å². The molecule has 12 heavy (non-hydrogen) atoms. The molecule has 2 nitrogen and oxygen atoms in total. The summed E-state index contributed by atoms with van der Waals surface area (Å²) in [7, 11) is 0. The Kier molecular flexibility index (Phi) is 2.31. The molecule has 2 rings (SSSR count). The van der Waals surface area contributed by atoms with Gasteiger partial charge in [0, 0.05) is 9.86 Å². The van der Waals surface area contributed by atoms with Crippen molar-refractivity contribution in [3.05, 3.63) is 25.3 Å². The maximum Gasteiger partial charge on any atom is 0.113 e. The molecule has 0 aliphatic heterocycles. The number of aromatic amines is 1. The summed E-state index contributed by atoms with van der Waals surface area (Å²) >= 11 is 11.6. The summed E-state index contributed by atoms with van der Waals surface area (Å²) in [5.74, 6) is 0. The number of nitrogens with zero attached hydrogens (tertiary/aromatic N) is 1. The van der Waals surface area contributed by atoms with Gasteiger partial charge in [0.15, 0.2) is 0 Å². The number of nitrogens with one attached hydrogen (secondary N) is 1. The maximum atomic E-state index is 5.94. The normalized spacial score (nSPS) is 10.9. The standard InChI is InChI=1S/C7H3BrClIN2/c8-3-1-2-4(9)6-5(3)7(10)12-11-6/h1-2H,(H,11,12). The van der Waals surface area contributed by atoms with Gasteiger partial charge in [-0.15, -0.1) is 0 Å². The Morgan fingerprint density at radius 3 is 2.92 bits per heavy atom. The minimum Gasteiger partial charge on any atom is -0.271 e. The van der Waals surface area contributed by atoms with Crippen LogP contribution in [0.2, 0.25) is 5.02 Å². The fourth-order valence-electron chi connectivity index (χ4n) is 1.02. The van der Waals surface area contributed by atoms with Gasteiger partial charge in [-0.05, 0) is 50.7 Å². The van der Waals surface area contributed by atoms with Crippen molar-refractivity contribution in [3.63, 3.8) is 0 Å². The van der Waals surface area contributed by atoms with E-state index in [9.17, 15) is 0 Å². The Morgan fingerprint density at radius 2 is 2.25 bits per heavy atom. The van der Waals surface area contributed by atoms with Crippen molar-refractivity contribution in [2.45, 2.75) is 0 Å². The van der Waals surface area contributed by atoms with Crippen LogP contribution in [-0.4, -0.2) is 10.2 Å². The summed E-state index contributed by atoms with van der Waals surface area (Å²) < 4.78 is 2.01. The Hall–Kier alpha value is 0.190. The lowest BCUT2D eigenvalue weighted by Crippen LogP contribution is -1.73. The van der Waals surface area contributed by atoms with E-state index < -0.39 is 0 Å². The van der Waals surface area contributed by atoms with Crippen molar-refractivity contribution in [2.75, 3.05) is 0 Å². The van der Waals surface area contributed by atoms with Crippen molar-refractivity contribution >= 4 is 61.0 Å². The van der Waals surface area contributed by atoms with Gasteiger partial charge >= 0.3 is 0 Å². The van der Waals surface area contributed by atoms with Crippen molar-refractivity contribution in [2.24, 2.45) is 0 Å². The predicted octanol–water partition coefficient (Wildman–Crippen LogP) is 3.58. The van der Waals surface area contributed by atoms with E-state index in [-0.39, 0.29) is 0 Å². The van der Waals surface area contributed by atoms with Crippen molar-refractivity contribution in [1.82, 2.24) is 10.2 Å². The molecule has 0 fully saturated rings. The summed E-state index contributed by atoms with van der Waals surface area (Å²) in [6, 6.07) is 3.74. The number of fused-ring (bicyclic) bond motifs is 1. The lowest BCUT2D eigenvalue weighted by molar-refractivity contribution is 1.09. The maximum absolute atomic E-state index is 5.94. The van der Waals surface area contributed by atoms with Crippen LogP contribution in [-0.2, 0) is 0 Å². The molecule has 0 unspecified atom stereocenters. The number of hydrogen-bond acceptors (Lipinski definition) is 1. The van der Waals surface area contributed by atoms with Crippen LogP contribution in [0.1, 0.15) is 0 Å². The van der Waals surface area contributed by atoms with E-state index in [0.717, 1.165) is 19.1 Å². The Bertz CT molecular complexity index is 440. The molecular weight excluding hydrogens is 354 g/mol. The van der Waals surface area contributed by atoms with Gasteiger partial charge < -0.3 is 0 Å². The van der Waals surface area contributed by atoms with E-state index >= 15 is 0 Å². The van der Waals surface area contributed by atoms with Crippen LogP contribution >= 0.6 is 50.1 Å². The van der Waals surface area contributed by atoms with Crippen LogP contribution in [0.3, 0.4) is 0 Å². The molecule has 0 radical (unpaired) electrons. The van der Waals surface area contributed by atoms with E-state index in [4.69, 9.17) is 11.6 Å². The van der Waals surface area contributed by atoms with E-state index in [1.165, 1.54) is 0 Å². The first-order chi connectivity index (χ1) is 5.70. The highest BCUT2D eigenvalue weighted by Gasteiger charge is 2.08. The van der Waals surface area contributed by atoms with Gasteiger partial charge in [0.25, 0.3) is 0 Å². The molecular formula is C7H3BrClIN2. The quantitative estimate of drug-likeness (QED) is 0.718. The third-order valence-corrected chi connectivity index (χ3v) is 3.31. The highest BCUT2D eigenvalue weighted by Crippen LogP contribution is 2.31. The summed E-state index contributed by atoms with van der Waals surface area (Å²) in [4.78, 5) is 0. The molecule has 0 spiro atoms. The van der Waals surface area contributed by atoms with Gasteiger partial charge in [-0.1, -0.05) is 11.6 Å². The second kappa shape index (κ2) is 3.16. The molecule has 0 bridgehead atoms. The highest BCUT2D eigenvalue weighted by atomic mass is 127. The summed E-state index contributed by atoms with van der Waals surface area (Å²) in [6.45, 7) is 0. The van der Waals surface area contributed by atoms with Gasteiger partial charge in [-0.25, -0.2) is 0 Å². The van der Waals surface area contributed by atoms with Crippen molar-refractivity contribution < 1.29 is 0 Å². The molecule has 0 aliphatic carbocycles. The van der Waals surface area contributed by atoms with Gasteiger partial charge in [0.2, 0.25) is 0 Å². The zero-order chi connectivity index (χ0) is 8.72. The Labute approximate surface area is 95.9 Å². The zero-order valence-electron chi connectivity index (χ0n) is 5.74. The average Bonchev–Trinajstić information content (AvgIpc) is 2.42. The largest absolute Gasteiger partial charge is 0.271 e. The Morgan fingerprint density at radius 1 is 1.50 bits per heavy atom. The molecule has 0 aliphatic rings. The molecule has 0 saturated heterocycles. The van der Waals surface area contributed by atoms with Gasteiger partial charge in [-0.2, -0.15) is 5.10 Å². The zero-order valence-corrected chi connectivity index (χ0v) is 10.2. The second-order valence-electron chi connectivity index (χ2n) is 2.29. The molecule has 2 aromatic rings. The molecule has 0 amide bonds. The molecule has 5 heteroatoms. The smallest absolute Gasteiger partial charge is 0.113 e. The number of H-pyrrole nitrogens is 1. The number of hydrogen-bond donors (Lipinski definition) is 1. The summed E-state index contributed by atoms with van der Waals surface area (Å²) in [5.41, 5.74) is 0.815. The molecule has 1 heterocycles. The fraction of sp³-hybridized carbons (Fsp3) is 0. The highest BCUT2D eigenvalue weighted by molar-refractivity contribution is 14.1. The molecule has 62 valence electrons.